The van der Waals surface area contributed by atoms with E-state index in [1.54, 1.807) is 38.6 Å². The van der Waals surface area contributed by atoms with Crippen LogP contribution < -0.4 is 19.5 Å². The van der Waals surface area contributed by atoms with Crippen LogP contribution in [0.25, 0.3) is 22.7 Å². The van der Waals surface area contributed by atoms with Gasteiger partial charge in [-0.3, -0.25) is 0 Å². The van der Waals surface area contributed by atoms with E-state index in [1.165, 1.54) is 6.26 Å². The molecule has 0 radical (unpaired) electrons. The number of anilines is 2. The fourth-order valence-corrected chi connectivity index (χ4v) is 5.89. The molecule has 2 aromatic heterocycles. The molecule has 11 nitrogen and oxygen atoms in total. The fraction of sp³-hybridized carbons (Fsp3) is 0.406. The summed E-state index contributed by atoms with van der Waals surface area (Å²) < 4.78 is 46.3. The van der Waals surface area contributed by atoms with Crippen molar-refractivity contribution in [2.24, 2.45) is 0 Å². The van der Waals surface area contributed by atoms with Gasteiger partial charge in [0.1, 0.15) is 44.6 Å². The highest BCUT2D eigenvalue weighted by atomic mass is 35.5. The molecular formula is C32H38ClN5O6S. The average Bonchev–Trinajstić information content (AvgIpc) is 3.46. The number of likely N-dealkylation sites (tertiary alicyclic amines) is 1. The molecule has 1 aliphatic heterocycles. The van der Waals surface area contributed by atoms with Crippen molar-refractivity contribution in [3.8, 4) is 40.0 Å². The predicted octanol–water partition coefficient (Wildman–Crippen LogP) is 6.05. The minimum absolute atomic E-state index is 0.00839. The number of aryl methyl sites for hydroxylation is 1. The Labute approximate surface area is 268 Å². The van der Waals surface area contributed by atoms with Gasteiger partial charge in [0.2, 0.25) is 5.95 Å². The van der Waals surface area contributed by atoms with Gasteiger partial charge in [-0.05, 0) is 55.7 Å². The number of oxazole rings is 1. The third kappa shape index (κ3) is 8.65. The van der Waals surface area contributed by atoms with E-state index >= 15 is 0 Å². The lowest BCUT2D eigenvalue weighted by Crippen LogP contribution is -2.40. The summed E-state index contributed by atoms with van der Waals surface area (Å²) in [5, 5.41) is 3.69. The van der Waals surface area contributed by atoms with Gasteiger partial charge in [0, 0.05) is 55.8 Å². The highest BCUT2D eigenvalue weighted by Crippen LogP contribution is 2.37. The van der Waals surface area contributed by atoms with Crippen molar-refractivity contribution < 1.29 is 27.0 Å². The molecule has 1 fully saturated rings. The van der Waals surface area contributed by atoms with Gasteiger partial charge in [0.05, 0.1) is 25.0 Å². The van der Waals surface area contributed by atoms with Crippen molar-refractivity contribution in [1.82, 2.24) is 19.9 Å². The van der Waals surface area contributed by atoms with Crippen LogP contribution in [0.2, 0.25) is 5.02 Å². The zero-order chi connectivity index (χ0) is 32.0. The van der Waals surface area contributed by atoms with Crippen molar-refractivity contribution in [2.75, 3.05) is 51.2 Å². The SMILES string of the molecule is CCCc1nc(-c2cc(OC)cc(OC)c2)c(-c2ccnc(Nc3ccc(OC4CCN(CCS(C)(=O)=O)CC4)c(Cl)c3)n2)o1. The Morgan fingerprint density at radius 2 is 1.78 bits per heavy atom. The van der Waals surface area contributed by atoms with Crippen LogP contribution in [0, 0.1) is 0 Å². The second kappa shape index (κ2) is 14.5. The third-order valence-electron chi connectivity index (χ3n) is 7.44. The highest BCUT2D eigenvalue weighted by Gasteiger charge is 2.23. The summed E-state index contributed by atoms with van der Waals surface area (Å²) >= 11 is 6.61. The molecule has 4 aromatic rings. The van der Waals surface area contributed by atoms with E-state index in [0.717, 1.165) is 37.9 Å². The Morgan fingerprint density at radius 3 is 2.42 bits per heavy atom. The Morgan fingerprint density at radius 1 is 1.04 bits per heavy atom. The summed E-state index contributed by atoms with van der Waals surface area (Å²) in [6.07, 6.45) is 6.09. The molecular weight excluding hydrogens is 618 g/mol. The van der Waals surface area contributed by atoms with Gasteiger partial charge in [-0.2, -0.15) is 0 Å². The lowest BCUT2D eigenvalue weighted by atomic mass is 10.1. The van der Waals surface area contributed by atoms with Crippen LogP contribution in [0.3, 0.4) is 0 Å². The van der Waals surface area contributed by atoms with Crippen molar-refractivity contribution in [3.05, 3.63) is 59.6 Å². The molecule has 1 saturated heterocycles. The Hall–Kier alpha value is -3.87. The third-order valence-corrected chi connectivity index (χ3v) is 8.66. The molecule has 0 aliphatic carbocycles. The molecule has 1 aliphatic rings. The molecule has 45 heavy (non-hydrogen) atoms. The topological polar surface area (TPSA) is 129 Å². The van der Waals surface area contributed by atoms with Crippen LogP contribution in [0.5, 0.6) is 17.2 Å². The van der Waals surface area contributed by atoms with Gasteiger partial charge in [-0.1, -0.05) is 18.5 Å². The number of nitrogens with one attached hydrogen (secondary N) is 1. The molecule has 2 aromatic carbocycles. The molecule has 0 bridgehead atoms. The molecule has 0 saturated carbocycles. The molecule has 240 valence electrons. The van der Waals surface area contributed by atoms with Crippen molar-refractivity contribution in [2.45, 2.75) is 38.7 Å². The molecule has 0 unspecified atom stereocenters. The van der Waals surface area contributed by atoms with Crippen molar-refractivity contribution in [3.63, 3.8) is 0 Å². The second-order valence-corrected chi connectivity index (χ2v) is 13.6. The first kappa shape index (κ1) is 32.5. The van der Waals surface area contributed by atoms with Gasteiger partial charge in [0.25, 0.3) is 0 Å². The summed E-state index contributed by atoms with van der Waals surface area (Å²) in [6, 6.07) is 12.8. The van der Waals surface area contributed by atoms with E-state index in [4.69, 9.17) is 40.2 Å². The summed E-state index contributed by atoms with van der Waals surface area (Å²) in [4.78, 5) is 16.1. The van der Waals surface area contributed by atoms with E-state index in [2.05, 4.69) is 22.1 Å². The minimum Gasteiger partial charge on any atom is -0.497 e. The standard InChI is InChI=1S/C32H38ClN5O6S/c1-5-6-29-37-30(21-17-24(41-2)20-25(18-21)42-3)31(44-29)27-9-12-34-32(36-27)35-22-7-8-28(26(33)19-22)43-23-10-13-38(14-11-23)15-16-45(4,39)40/h7-9,12,17-20,23H,5-6,10-11,13-16H2,1-4H3,(H,34,35,36). The van der Waals surface area contributed by atoms with Gasteiger partial charge in [-0.15, -0.1) is 0 Å². The average molecular weight is 656 g/mol. The Bertz CT molecular complexity index is 1700. The molecule has 1 N–H and O–H groups in total. The van der Waals surface area contributed by atoms with E-state index in [-0.39, 0.29) is 11.9 Å². The summed E-state index contributed by atoms with van der Waals surface area (Å²) in [7, 11) is 0.234. The number of hydrogen-bond acceptors (Lipinski definition) is 11. The van der Waals surface area contributed by atoms with Gasteiger partial charge in [0.15, 0.2) is 11.7 Å². The number of aromatic nitrogens is 3. The number of ether oxygens (including phenoxy) is 3. The molecule has 0 spiro atoms. The second-order valence-electron chi connectivity index (χ2n) is 11.0. The molecule has 0 amide bonds. The fourth-order valence-electron chi connectivity index (χ4n) is 5.07. The van der Waals surface area contributed by atoms with E-state index in [9.17, 15) is 8.42 Å². The summed E-state index contributed by atoms with van der Waals surface area (Å²) in [5.41, 5.74) is 2.67. The van der Waals surface area contributed by atoms with Crippen LogP contribution in [0.4, 0.5) is 11.6 Å². The first-order chi connectivity index (χ1) is 21.6. The number of methoxy groups -OCH3 is 2. The maximum atomic E-state index is 11.5. The number of sulfone groups is 1. The minimum atomic E-state index is -2.98. The molecule has 0 atom stereocenters. The Balaban J connectivity index is 1.30. The molecule has 5 rings (SSSR count). The van der Waals surface area contributed by atoms with E-state index in [0.29, 0.717) is 69.9 Å². The number of hydrogen-bond donors (Lipinski definition) is 1. The van der Waals surface area contributed by atoms with Gasteiger partial charge >= 0.3 is 0 Å². The normalized spacial score (nSPS) is 14.3. The Kier molecular flexibility index (Phi) is 10.5. The summed E-state index contributed by atoms with van der Waals surface area (Å²) in [5.74, 6) is 3.53. The van der Waals surface area contributed by atoms with Crippen LogP contribution in [0.1, 0.15) is 32.1 Å². The lowest BCUT2D eigenvalue weighted by Gasteiger charge is -2.32. The van der Waals surface area contributed by atoms with Gasteiger partial charge in [-0.25, -0.2) is 23.4 Å². The monoisotopic (exact) mass is 655 g/mol. The van der Waals surface area contributed by atoms with Crippen LogP contribution >= 0.6 is 11.6 Å². The van der Waals surface area contributed by atoms with Crippen molar-refractivity contribution >= 4 is 33.1 Å². The van der Waals surface area contributed by atoms with Crippen molar-refractivity contribution in [1.29, 1.82) is 0 Å². The first-order valence-corrected chi connectivity index (χ1v) is 17.3. The maximum absolute atomic E-state index is 11.5. The number of halogens is 1. The van der Waals surface area contributed by atoms with Gasteiger partial charge < -0.3 is 28.8 Å². The zero-order valence-electron chi connectivity index (χ0n) is 25.9. The zero-order valence-corrected chi connectivity index (χ0v) is 27.4. The van der Waals surface area contributed by atoms with E-state index in [1.807, 2.05) is 24.3 Å². The number of nitrogens with zero attached hydrogens (tertiary/aromatic N) is 4. The first-order valence-electron chi connectivity index (χ1n) is 14.8. The largest absolute Gasteiger partial charge is 0.497 e. The number of rotatable bonds is 13. The maximum Gasteiger partial charge on any atom is 0.227 e. The number of piperidine rings is 1. The molecule has 13 heteroatoms. The lowest BCUT2D eigenvalue weighted by molar-refractivity contribution is 0.104. The van der Waals surface area contributed by atoms with Crippen LogP contribution in [0.15, 0.2) is 53.1 Å². The molecule has 3 heterocycles. The van der Waals surface area contributed by atoms with Crippen LogP contribution in [-0.4, -0.2) is 80.2 Å². The predicted molar refractivity (Wildman–Crippen MR) is 175 cm³/mol. The van der Waals surface area contributed by atoms with Crippen LogP contribution in [-0.2, 0) is 16.3 Å². The summed E-state index contributed by atoms with van der Waals surface area (Å²) in [6.45, 7) is 4.18. The van der Waals surface area contributed by atoms with E-state index < -0.39 is 9.84 Å². The quantitative estimate of drug-likeness (QED) is 0.181. The number of benzene rings is 2. The highest BCUT2D eigenvalue weighted by molar-refractivity contribution is 7.90. The smallest absolute Gasteiger partial charge is 0.227 e.